The smallest absolute Gasteiger partial charge is 0.438 e. The number of benzene rings is 1. The number of ether oxygens (including phenoxy) is 3. The molecule has 5 rings (SSSR count). The number of halogens is 3. The Hall–Kier alpha value is -4.07. The third kappa shape index (κ3) is 8.57. The fourth-order valence-electron chi connectivity index (χ4n) is 6.62. The van der Waals surface area contributed by atoms with Crippen LogP contribution in [0.2, 0.25) is 0 Å². The zero-order chi connectivity index (χ0) is 35.6. The van der Waals surface area contributed by atoms with E-state index < -0.39 is 64.7 Å². The van der Waals surface area contributed by atoms with Gasteiger partial charge in [0.2, 0.25) is 23.4 Å². The highest BCUT2D eigenvalue weighted by molar-refractivity contribution is 5.99. The predicted octanol–water partition coefficient (Wildman–Crippen LogP) is 4.96. The summed E-state index contributed by atoms with van der Waals surface area (Å²) in [5.41, 5.74) is -3.15. The maximum Gasteiger partial charge on any atom is 0.438 e. The van der Waals surface area contributed by atoms with Crippen LogP contribution in [-0.4, -0.2) is 82.0 Å². The number of Topliss-reactive ketones (excluding diaryl/α,β-unsaturated/α-hetero) is 1. The second kappa shape index (κ2) is 14.4. The summed E-state index contributed by atoms with van der Waals surface area (Å²) in [5, 5.41) is 2.88. The zero-order valence-corrected chi connectivity index (χ0v) is 28.2. The molecule has 0 radical (unpaired) electrons. The van der Waals surface area contributed by atoms with Crippen LogP contribution in [0.5, 0.6) is 5.88 Å². The van der Waals surface area contributed by atoms with Crippen LogP contribution in [0.15, 0.2) is 36.4 Å². The van der Waals surface area contributed by atoms with Crippen LogP contribution in [0, 0.1) is 11.8 Å². The summed E-state index contributed by atoms with van der Waals surface area (Å²) in [4.78, 5) is 63.7. The van der Waals surface area contributed by atoms with Crippen molar-refractivity contribution in [3.8, 4) is 5.88 Å². The Morgan fingerprint density at radius 2 is 1.78 bits per heavy atom. The van der Waals surface area contributed by atoms with E-state index in [0.717, 1.165) is 19.3 Å². The van der Waals surface area contributed by atoms with Crippen molar-refractivity contribution in [2.45, 2.75) is 102 Å². The maximum absolute atomic E-state index is 14.3. The molecule has 0 spiro atoms. The molecule has 1 aromatic carbocycles. The van der Waals surface area contributed by atoms with Crippen molar-refractivity contribution in [1.82, 2.24) is 20.2 Å². The largest absolute Gasteiger partial charge is 0.471 e. The van der Waals surface area contributed by atoms with E-state index in [4.69, 9.17) is 14.2 Å². The van der Waals surface area contributed by atoms with Gasteiger partial charge in [-0.1, -0.05) is 37.1 Å². The lowest BCUT2D eigenvalue weighted by atomic mass is 9.95. The molecule has 2 amide bonds. The Morgan fingerprint density at radius 3 is 2.45 bits per heavy atom. The zero-order valence-electron chi connectivity index (χ0n) is 28.2. The molecule has 49 heavy (non-hydrogen) atoms. The molecule has 2 aliphatic heterocycles. The third-order valence-corrected chi connectivity index (χ3v) is 9.04. The number of amides is 2. The quantitative estimate of drug-likeness (QED) is 0.316. The summed E-state index contributed by atoms with van der Waals surface area (Å²) < 4.78 is 58.9. The van der Waals surface area contributed by atoms with Gasteiger partial charge in [0.05, 0.1) is 24.0 Å². The SMILES string of the molecule is COCC(=O)[C@@]12C[C@H]1/C=C\CCCCC[C@H](CC(=O)OC(C)(C)C)C(=O)N1C[C@H](Oc3nc4ccccc4nc3C(F)(F)F)C[C@H]1C(=O)N2. The number of fused-ring (bicyclic) bond motifs is 3. The highest BCUT2D eigenvalue weighted by atomic mass is 19.4. The number of methoxy groups -OCH3 is 1. The van der Waals surface area contributed by atoms with Gasteiger partial charge in [0.1, 0.15) is 29.9 Å². The van der Waals surface area contributed by atoms with E-state index in [-0.39, 0.29) is 48.7 Å². The number of esters is 1. The highest BCUT2D eigenvalue weighted by Gasteiger charge is 2.60. The van der Waals surface area contributed by atoms with Gasteiger partial charge in [0, 0.05) is 25.4 Å². The molecular formula is C35H43F3N4O7. The van der Waals surface area contributed by atoms with Gasteiger partial charge in [-0.3, -0.25) is 19.2 Å². The molecule has 11 nitrogen and oxygen atoms in total. The standard InChI is InChI=1S/C35H43F3N4O7/c1-33(2,3)49-28(44)16-21-12-8-6-5-7-9-13-22-18-34(22,27(43)20-47-4)41-30(45)26-17-23(19-42(26)32(21)46)48-31-29(35(36,37)38)39-24-14-10-11-15-25(24)40-31/h9-11,13-15,21-23,26H,5-8,12,16-20H2,1-4H3,(H,41,45)/b13-9-/t21-,22-,23-,26+,34-/m1/s1. The van der Waals surface area contributed by atoms with Crippen LogP contribution in [0.25, 0.3) is 11.0 Å². The number of carbonyl (C=O) groups is 4. The summed E-state index contributed by atoms with van der Waals surface area (Å²) in [6.07, 6.45) is 1.14. The van der Waals surface area contributed by atoms with Crippen LogP contribution >= 0.6 is 0 Å². The first-order valence-electron chi connectivity index (χ1n) is 16.6. The number of alkyl halides is 3. The van der Waals surface area contributed by atoms with E-state index in [9.17, 15) is 32.3 Å². The van der Waals surface area contributed by atoms with Crippen molar-refractivity contribution >= 4 is 34.6 Å². The topological polar surface area (TPSA) is 137 Å². The first kappa shape index (κ1) is 36.2. The van der Waals surface area contributed by atoms with E-state index in [2.05, 4.69) is 15.3 Å². The lowest BCUT2D eigenvalue weighted by Crippen LogP contribution is -2.54. The molecule has 266 valence electrons. The van der Waals surface area contributed by atoms with Gasteiger partial charge in [-0.2, -0.15) is 13.2 Å². The number of nitrogens with one attached hydrogen (secondary N) is 1. The number of hydrogen-bond acceptors (Lipinski definition) is 9. The van der Waals surface area contributed by atoms with E-state index in [0.29, 0.717) is 19.3 Å². The summed E-state index contributed by atoms with van der Waals surface area (Å²) >= 11 is 0. The average Bonchev–Trinajstić information content (AvgIpc) is 3.54. The van der Waals surface area contributed by atoms with Crippen molar-refractivity contribution in [2.24, 2.45) is 11.8 Å². The van der Waals surface area contributed by atoms with Crippen LogP contribution in [0.4, 0.5) is 13.2 Å². The van der Waals surface area contributed by atoms with Crippen molar-refractivity contribution < 1.29 is 46.6 Å². The molecule has 1 saturated heterocycles. The fourth-order valence-corrected chi connectivity index (χ4v) is 6.62. The number of allylic oxidation sites excluding steroid dienone is 1. The Labute approximate surface area is 282 Å². The first-order chi connectivity index (χ1) is 23.1. The number of ketones is 1. The summed E-state index contributed by atoms with van der Waals surface area (Å²) in [5.74, 6) is -3.96. The van der Waals surface area contributed by atoms with Crippen LogP contribution in [-0.2, 0) is 34.8 Å². The number of carbonyl (C=O) groups excluding carboxylic acids is 4. The third-order valence-electron chi connectivity index (χ3n) is 9.04. The van der Waals surface area contributed by atoms with E-state index in [1.807, 2.05) is 12.2 Å². The second-order valence-corrected chi connectivity index (χ2v) is 14.0. The summed E-state index contributed by atoms with van der Waals surface area (Å²) in [6.45, 7) is 4.67. The molecule has 2 aromatic rings. The van der Waals surface area contributed by atoms with Gasteiger partial charge in [0.25, 0.3) is 0 Å². The van der Waals surface area contributed by atoms with Crippen molar-refractivity contribution in [3.05, 3.63) is 42.1 Å². The highest BCUT2D eigenvalue weighted by Crippen LogP contribution is 2.46. The lowest BCUT2D eigenvalue weighted by Gasteiger charge is -2.30. The minimum Gasteiger partial charge on any atom is -0.471 e. The minimum atomic E-state index is -4.90. The molecule has 3 aliphatic rings. The number of aromatic nitrogens is 2. The van der Waals surface area contributed by atoms with E-state index >= 15 is 0 Å². The molecule has 14 heteroatoms. The molecule has 1 aliphatic carbocycles. The lowest BCUT2D eigenvalue weighted by molar-refractivity contribution is -0.159. The Morgan fingerprint density at radius 1 is 1.06 bits per heavy atom. The van der Waals surface area contributed by atoms with Crippen LogP contribution < -0.4 is 10.1 Å². The number of nitrogens with zero attached hydrogens (tertiary/aromatic N) is 3. The minimum absolute atomic E-state index is 0.0276. The Kier molecular flexibility index (Phi) is 10.7. The molecule has 1 N–H and O–H groups in total. The first-order valence-corrected chi connectivity index (χ1v) is 16.6. The van der Waals surface area contributed by atoms with Crippen molar-refractivity contribution in [1.29, 1.82) is 0 Å². The average molecular weight is 689 g/mol. The van der Waals surface area contributed by atoms with E-state index in [1.54, 1.807) is 32.9 Å². The molecule has 2 fully saturated rings. The molecule has 1 saturated carbocycles. The van der Waals surface area contributed by atoms with E-state index in [1.165, 1.54) is 24.1 Å². The number of rotatable bonds is 7. The molecule has 0 unspecified atom stereocenters. The Bertz CT molecular complexity index is 1610. The molecular weight excluding hydrogens is 645 g/mol. The monoisotopic (exact) mass is 688 g/mol. The molecule has 3 heterocycles. The second-order valence-electron chi connectivity index (χ2n) is 14.0. The van der Waals surface area contributed by atoms with Crippen LogP contribution in [0.3, 0.4) is 0 Å². The normalized spacial score (nSPS) is 27.3. The summed E-state index contributed by atoms with van der Waals surface area (Å²) in [6, 6.07) is 4.85. The molecule has 5 atom stereocenters. The van der Waals surface area contributed by atoms with Crippen LogP contribution in [0.1, 0.15) is 77.8 Å². The maximum atomic E-state index is 14.3. The number of para-hydroxylation sites is 2. The van der Waals surface area contributed by atoms with Gasteiger partial charge >= 0.3 is 12.1 Å². The van der Waals surface area contributed by atoms with Gasteiger partial charge < -0.3 is 24.4 Å². The van der Waals surface area contributed by atoms with Gasteiger partial charge in [-0.15, -0.1) is 0 Å². The molecule has 1 aromatic heterocycles. The van der Waals surface area contributed by atoms with Crippen molar-refractivity contribution in [2.75, 3.05) is 20.3 Å². The number of hydrogen-bond donors (Lipinski definition) is 1. The molecule has 0 bridgehead atoms. The predicted molar refractivity (Wildman–Crippen MR) is 171 cm³/mol. The fraction of sp³-hybridized carbons (Fsp3) is 0.600. The van der Waals surface area contributed by atoms with Gasteiger partial charge in [-0.25, -0.2) is 9.97 Å². The Balaban J connectivity index is 1.49. The van der Waals surface area contributed by atoms with Gasteiger partial charge in [-0.05, 0) is 58.6 Å². The summed E-state index contributed by atoms with van der Waals surface area (Å²) in [7, 11) is 1.38. The van der Waals surface area contributed by atoms with Crippen molar-refractivity contribution in [3.63, 3.8) is 0 Å². The van der Waals surface area contributed by atoms with Gasteiger partial charge in [0.15, 0.2) is 5.78 Å².